The standard InChI is InChI=1S/C11H22N6/c1-6-17(7-8(2)3)11-14-9(12)13-10(15-11)16(4)5/h8H,6-7H2,1-5H3,(H2,12,13,14,15). The Morgan fingerprint density at radius 2 is 1.71 bits per heavy atom. The van der Waals surface area contributed by atoms with Gasteiger partial charge in [0.2, 0.25) is 17.8 Å². The normalized spacial score (nSPS) is 10.7. The molecule has 1 aromatic rings. The van der Waals surface area contributed by atoms with Crippen molar-refractivity contribution in [3.63, 3.8) is 0 Å². The smallest absolute Gasteiger partial charge is 0.231 e. The summed E-state index contributed by atoms with van der Waals surface area (Å²) in [6.07, 6.45) is 0. The van der Waals surface area contributed by atoms with E-state index in [4.69, 9.17) is 5.73 Å². The van der Waals surface area contributed by atoms with Crippen LogP contribution in [-0.2, 0) is 0 Å². The maximum atomic E-state index is 5.70. The summed E-state index contributed by atoms with van der Waals surface area (Å²) in [7, 11) is 3.77. The summed E-state index contributed by atoms with van der Waals surface area (Å²) in [5.41, 5.74) is 5.70. The van der Waals surface area contributed by atoms with Crippen molar-refractivity contribution in [3.05, 3.63) is 0 Å². The molecule has 1 heterocycles. The molecule has 0 amide bonds. The highest BCUT2D eigenvalue weighted by molar-refractivity contribution is 5.42. The van der Waals surface area contributed by atoms with Gasteiger partial charge in [-0.25, -0.2) is 0 Å². The Labute approximate surface area is 103 Å². The van der Waals surface area contributed by atoms with Crippen LogP contribution < -0.4 is 15.5 Å². The van der Waals surface area contributed by atoms with Crippen molar-refractivity contribution in [1.29, 1.82) is 0 Å². The van der Waals surface area contributed by atoms with Gasteiger partial charge in [-0.05, 0) is 12.8 Å². The van der Waals surface area contributed by atoms with Gasteiger partial charge in [0, 0.05) is 27.2 Å². The Kier molecular flexibility index (Phi) is 4.48. The molecular weight excluding hydrogens is 216 g/mol. The third-order valence-electron chi connectivity index (χ3n) is 2.28. The van der Waals surface area contributed by atoms with Crippen LogP contribution in [0.5, 0.6) is 0 Å². The van der Waals surface area contributed by atoms with E-state index < -0.39 is 0 Å². The largest absolute Gasteiger partial charge is 0.368 e. The van der Waals surface area contributed by atoms with Crippen molar-refractivity contribution in [2.45, 2.75) is 20.8 Å². The van der Waals surface area contributed by atoms with E-state index >= 15 is 0 Å². The molecule has 0 bridgehead atoms. The van der Waals surface area contributed by atoms with Gasteiger partial charge in [-0.2, -0.15) is 15.0 Å². The van der Waals surface area contributed by atoms with E-state index in [0.717, 1.165) is 13.1 Å². The van der Waals surface area contributed by atoms with Gasteiger partial charge in [-0.1, -0.05) is 13.8 Å². The third kappa shape index (κ3) is 3.72. The van der Waals surface area contributed by atoms with Gasteiger partial charge in [-0.15, -0.1) is 0 Å². The molecule has 1 aromatic heterocycles. The topological polar surface area (TPSA) is 71.2 Å². The quantitative estimate of drug-likeness (QED) is 0.825. The number of hydrogen-bond donors (Lipinski definition) is 1. The minimum Gasteiger partial charge on any atom is -0.368 e. The first-order valence-corrected chi connectivity index (χ1v) is 5.87. The predicted octanol–water partition coefficient (Wildman–Crippen LogP) is 1.00. The lowest BCUT2D eigenvalue weighted by Gasteiger charge is -2.23. The molecule has 0 aromatic carbocycles. The highest BCUT2D eigenvalue weighted by Crippen LogP contribution is 2.14. The van der Waals surface area contributed by atoms with Gasteiger partial charge in [0.05, 0.1) is 0 Å². The zero-order valence-electron chi connectivity index (χ0n) is 11.3. The number of nitrogen functional groups attached to an aromatic ring is 1. The Bertz CT molecular complexity index is 363. The first-order chi connectivity index (χ1) is 7.93. The van der Waals surface area contributed by atoms with E-state index in [0.29, 0.717) is 17.8 Å². The van der Waals surface area contributed by atoms with E-state index in [9.17, 15) is 0 Å². The molecule has 0 spiro atoms. The van der Waals surface area contributed by atoms with Crippen molar-refractivity contribution in [3.8, 4) is 0 Å². The van der Waals surface area contributed by atoms with Crippen LogP contribution >= 0.6 is 0 Å². The fourth-order valence-electron chi connectivity index (χ4n) is 1.50. The highest BCUT2D eigenvalue weighted by Gasteiger charge is 2.13. The van der Waals surface area contributed by atoms with Crippen LogP contribution in [-0.4, -0.2) is 42.1 Å². The Balaban J connectivity index is 3.02. The van der Waals surface area contributed by atoms with Gasteiger partial charge in [0.1, 0.15) is 0 Å². The lowest BCUT2D eigenvalue weighted by atomic mass is 10.2. The van der Waals surface area contributed by atoms with Crippen LogP contribution in [0.1, 0.15) is 20.8 Å². The fourth-order valence-corrected chi connectivity index (χ4v) is 1.50. The summed E-state index contributed by atoms with van der Waals surface area (Å²) in [5.74, 6) is 2.06. The molecule has 6 heteroatoms. The molecule has 0 radical (unpaired) electrons. The Morgan fingerprint density at radius 1 is 1.12 bits per heavy atom. The van der Waals surface area contributed by atoms with Crippen molar-refractivity contribution in [2.75, 3.05) is 42.7 Å². The molecule has 0 fully saturated rings. The lowest BCUT2D eigenvalue weighted by molar-refractivity contribution is 0.608. The molecule has 0 saturated heterocycles. The van der Waals surface area contributed by atoms with Gasteiger partial charge in [0.25, 0.3) is 0 Å². The second-order valence-electron chi connectivity index (χ2n) is 4.62. The number of anilines is 3. The van der Waals surface area contributed by atoms with Gasteiger partial charge in [-0.3, -0.25) is 0 Å². The summed E-state index contributed by atoms with van der Waals surface area (Å²) < 4.78 is 0. The number of hydrogen-bond acceptors (Lipinski definition) is 6. The van der Waals surface area contributed by atoms with Crippen molar-refractivity contribution in [2.24, 2.45) is 5.92 Å². The van der Waals surface area contributed by atoms with Crippen LogP contribution in [0.4, 0.5) is 17.8 Å². The van der Waals surface area contributed by atoms with E-state index in [2.05, 4.69) is 40.6 Å². The minimum absolute atomic E-state index is 0.265. The molecule has 2 N–H and O–H groups in total. The maximum Gasteiger partial charge on any atom is 0.231 e. The van der Waals surface area contributed by atoms with Crippen molar-refractivity contribution >= 4 is 17.8 Å². The average molecular weight is 238 g/mol. The zero-order valence-corrected chi connectivity index (χ0v) is 11.3. The van der Waals surface area contributed by atoms with Gasteiger partial charge in [0.15, 0.2) is 0 Å². The molecule has 0 saturated carbocycles. The molecule has 0 atom stereocenters. The first-order valence-electron chi connectivity index (χ1n) is 5.87. The number of nitrogens with two attached hydrogens (primary N) is 1. The monoisotopic (exact) mass is 238 g/mol. The van der Waals surface area contributed by atoms with Crippen molar-refractivity contribution < 1.29 is 0 Å². The van der Waals surface area contributed by atoms with E-state index in [1.54, 1.807) is 0 Å². The van der Waals surface area contributed by atoms with Gasteiger partial charge >= 0.3 is 0 Å². The Morgan fingerprint density at radius 3 is 2.18 bits per heavy atom. The summed E-state index contributed by atoms with van der Waals surface area (Å²) in [6.45, 7) is 8.18. The molecule has 17 heavy (non-hydrogen) atoms. The van der Waals surface area contributed by atoms with E-state index in [1.165, 1.54) is 0 Å². The van der Waals surface area contributed by atoms with Gasteiger partial charge < -0.3 is 15.5 Å². The van der Waals surface area contributed by atoms with Crippen LogP contribution in [0.2, 0.25) is 0 Å². The van der Waals surface area contributed by atoms with Crippen LogP contribution in [0, 0.1) is 5.92 Å². The van der Waals surface area contributed by atoms with Crippen LogP contribution in [0.15, 0.2) is 0 Å². The fraction of sp³-hybridized carbons (Fsp3) is 0.727. The minimum atomic E-state index is 0.265. The molecule has 6 nitrogen and oxygen atoms in total. The molecule has 1 rings (SSSR count). The summed E-state index contributed by atoms with van der Waals surface area (Å²) in [4.78, 5) is 16.6. The first kappa shape index (κ1) is 13.5. The summed E-state index contributed by atoms with van der Waals surface area (Å²) in [5, 5.41) is 0. The van der Waals surface area contributed by atoms with E-state index in [-0.39, 0.29) is 5.95 Å². The number of nitrogens with zero attached hydrogens (tertiary/aromatic N) is 5. The molecule has 0 aliphatic rings. The molecular formula is C11H22N6. The average Bonchev–Trinajstić information content (AvgIpc) is 2.24. The second kappa shape index (κ2) is 5.65. The second-order valence-corrected chi connectivity index (χ2v) is 4.62. The molecule has 0 aliphatic carbocycles. The molecule has 96 valence electrons. The van der Waals surface area contributed by atoms with Crippen LogP contribution in [0.25, 0.3) is 0 Å². The third-order valence-corrected chi connectivity index (χ3v) is 2.28. The number of rotatable bonds is 5. The SMILES string of the molecule is CCN(CC(C)C)c1nc(N)nc(N(C)C)n1. The summed E-state index contributed by atoms with van der Waals surface area (Å²) in [6, 6.07) is 0. The summed E-state index contributed by atoms with van der Waals surface area (Å²) >= 11 is 0. The maximum absolute atomic E-state index is 5.70. The van der Waals surface area contributed by atoms with E-state index in [1.807, 2.05) is 19.0 Å². The molecule has 0 unspecified atom stereocenters. The van der Waals surface area contributed by atoms with Crippen molar-refractivity contribution in [1.82, 2.24) is 15.0 Å². The number of aromatic nitrogens is 3. The highest BCUT2D eigenvalue weighted by atomic mass is 15.3. The lowest BCUT2D eigenvalue weighted by Crippen LogP contribution is -2.30. The molecule has 0 aliphatic heterocycles. The zero-order chi connectivity index (χ0) is 13.0. The Hall–Kier alpha value is -1.59. The van der Waals surface area contributed by atoms with Crippen LogP contribution in [0.3, 0.4) is 0 Å². The predicted molar refractivity (Wildman–Crippen MR) is 71.3 cm³/mol.